The van der Waals surface area contributed by atoms with Crippen molar-refractivity contribution < 1.29 is 14.6 Å². The first-order valence-corrected chi connectivity index (χ1v) is 4.56. The summed E-state index contributed by atoms with van der Waals surface area (Å²) in [5.74, 6) is -0.351. The summed E-state index contributed by atoms with van der Waals surface area (Å²) < 4.78 is 4.85. The summed E-state index contributed by atoms with van der Waals surface area (Å²) in [5.41, 5.74) is -0.101. The zero-order valence-corrected chi connectivity index (χ0v) is 7.93. The van der Waals surface area contributed by atoms with Crippen molar-refractivity contribution in [1.29, 1.82) is 0 Å². The maximum absolute atomic E-state index is 11.5. The molecule has 1 heterocycles. The van der Waals surface area contributed by atoms with Crippen molar-refractivity contribution in [3.8, 4) is 0 Å². The van der Waals surface area contributed by atoms with E-state index in [1.165, 1.54) is 0 Å². The number of aliphatic hydroxyl groups excluding tert-OH is 1. The van der Waals surface area contributed by atoms with E-state index >= 15 is 0 Å². The molecule has 0 radical (unpaired) electrons. The second-order valence-electron chi connectivity index (χ2n) is 3.68. The van der Waals surface area contributed by atoms with Gasteiger partial charge >= 0.3 is 5.97 Å². The van der Waals surface area contributed by atoms with Gasteiger partial charge in [0.05, 0.1) is 0 Å². The summed E-state index contributed by atoms with van der Waals surface area (Å²) in [6.45, 7) is 1.80. The first-order valence-electron chi connectivity index (χ1n) is 4.56. The highest BCUT2D eigenvalue weighted by molar-refractivity contribution is 5.85. The molecule has 3 nitrogen and oxygen atoms in total. The van der Waals surface area contributed by atoms with Gasteiger partial charge in [0, 0.05) is 0 Å². The van der Waals surface area contributed by atoms with Crippen LogP contribution in [0.1, 0.15) is 12.5 Å². The summed E-state index contributed by atoms with van der Waals surface area (Å²) in [5, 5.41) is 9.73. The number of aliphatic hydroxyl groups is 1. The first-order chi connectivity index (χ1) is 6.65. The molecule has 1 aromatic carbocycles. The SMILES string of the molecule is CC1(c2ccccc2)C(=O)OCC1O. The summed E-state index contributed by atoms with van der Waals surface area (Å²) in [4.78, 5) is 11.5. The molecule has 1 saturated heterocycles. The smallest absolute Gasteiger partial charge is 0.319 e. The third-order valence-corrected chi connectivity index (χ3v) is 2.84. The van der Waals surface area contributed by atoms with Crippen LogP contribution in [0.3, 0.4) is 0 Å². The second-order valence-corrected chi connectivity index (χ2v) is 3.68. The van der Waals surface area contributed by atoms with Gasteiger partial charge in [0.15, 0.2) is 0 Å². The number of carbonyl (C=O) groups is 1. The van der Waals surface area contributed by atoms with Gasteiger partial charge in [0.25, 0.3) is 0 Å². The quantitative estimate of drug-likeness (QED) is 0.671. The lowest BCUT2D eigenvalue weighted by Crippen LogP contribution is -2.38. The van der Waals surface area contributed by atoms with Gasteiger partial charge in [0.1, 0.15) is 18.1 Å². The molecule has 1 fully saturated rings. The van der Waals surface area contributed by atoms with E-state index in [-0.39, 0.29) is 12.6 Å². The highest BCUT2D eigenvalue weighted by Gasteiger charge is 2.49. The Balaban J connectivity index is 2.46. The van der Waals surface area contributed by atoms with E-state index < -0.39 is 11.5 Å². The lowest BCUT2D eigenvalue weighted by molar-refractivity contribution is -0.142. The summed E-state index contributed by atoms with van der Waals surface area (Å²) in [6.07, 6.45) is -0.752. The van der Waals surface area contributed by atoms with E-state index in [4.69, 9.17) is 4.74 Å². The average Bonchev–Trinajstić information content (AvgIpc) is 2.49. The number of cyclic esters (lactones) is 1. The van der Waals surface area contributed by atoms with E-state index in [9.17, 15) is 9.90 Å². The van der Waals surface area contributed by atoms with E-state index in [2.05, 4.69) is 0 Å². The molecule has 2 atom stereocenters. The molecule has 74 valence electrons. The molecule has 1 aliphatic heterocycles. The standard InChI is InChI=1S/C11H12O3/c1-11(8-5-3-2-4-6-8)9(12)7-14-10(11)13/h2-6,9,12H,7H2,1H3. The monoisotopic (exact) mass is 192 g/mol. The van der Waals surface area contributed by atoms with E-state index in [0.717, 1.165) is 5.56 Å². The number of hydrogen-bond acceptors (Lipinski definition) is 3. The van der Waals surface area contributed by atoms with E-state index in [0.29, 0.717) is 0 Å². The number of hydrogen-bond donors (Lipinski definition) is 1. The lowest BCUT2D eigenvalue weighted by Gasteiger charge is -2.23. The molecule has 0 aliphatic carbocycles. The molecule has 0 aromatic heterocycles. The van der Waals surface area contributed by atoms with Crippen LogP contribution in [-0.4, -0.2) is 23.8 Å². The predicted octanol–water partition coefficient (Wildman–Crippen LogP) is 0.862. The second kappa shape index (κ2) is 3.10. The van der Waals surface area contributed by atoms with Crippen LogP contribution in [0.4, 0.5) is 0 Å². The van der Waals surface area contributed by atoms with Crippen molar-refractivity contribution in [3.63, 3.8) is 0 Å². The van der Waals surface area contributed by atoms with Crippen LogP contribution in [0.25, 0.3) is 0 Å². The van der Waals surface area contributed by atoms with Crippen LogP contribution < -0.4 is 0 Å². The Hall–Kier alpha value is -1.35. The van der Waals surface area contributed by atoms with Gasteiger partial charge in [-0.15, -0.1) is 0 Å². The molecule has 2 unspecified atom stereocenters. The zero-order valence-electron chi connectivity index (χ0n) is 7.93. The van der Waals surface area contributed by atoms with Crippen LogP contribution >= 0.6 is 0 Å². The highest BCUT2D eigenvalue weighted by Crippen LogP contribution is 2.33. The molecule has 2 rings (SSSR count). The van der Waals surface area contributed by atoms with Gasteiger partial charge in [-0.25, -0.2) is 0 Å². The number of ether oxygens (including phenoxy) is 1. The Kier molecular flexibility index (Phi) is 2.04. The highest BCUT2D eigenvalue weighted by atomic mass is 16.6. The van der Waals surface area contributed by atoms with Crippen LogP contribution in [0.5, 0.6) is 0 Å². The summed E-state index contributed by atoms with van der Waals surface area (Å²) in [6, 6.07) is 9.23. The Morgan fingerprint density at radius 3 is 2.57 bits per heavy atom. The Morgan fingerprint density at radius 2 is 2.07 bits per heavy atom. The summed E-state index contributed by atoms with van der Waals surface area (Å²) >= 11 is 0. The van der Waals surface area contributed by atoms with Crippen LogP contribution in [-0.2, 0) is 14.9 Å². The van der Waals surface area contributed by atoms with Gasteiger partial charge in [-0.3, -0.25) is 4.79 Å². The molecule has 0 saturated carbocycles. The van der Waals surface area contributed by atoms with Gasteiger partial charge < -0.3 is 9.84 Å². The van der Waals surface area contributed by atoms with Crippen molar-refractivity contribution in [3.05, 3.63) is 35.9 Å². The van der Waals surface area contributed by atoms with Gasteiger partial charge in [0.2, 0.25) is 0 Å². The number of esters is 1. The normalized spacial score (nSPS) is 31.6. The number of rotatable bonds is 1. The fourth-order valence-electron chi connectivity index (χ4n) is 1.70. The van der Waals surface area contributed by atoms with Crippen molar-refractivity contribution >= 4 is 5.97 Å². The maximum atomic E-state index is 11.5. The van der Waals surface area contributed by atoms with Crippen LogP contribution in [0.2, 0.25) is 0 Å². The van der Waals surface area contributed by atoms with Crippen molar-refractivity contribution in [2.24, 2.45) is 0 Å². The average molecular weight is 192 g/mol. The largest absolute Gasteiger partial charge is 0.462 e. The minimum atomic E-state index is -0.902. The molecule has 1 aromatic rings. The zero-order chi connectivity index (χ0) is 10.2. The van der Waals surface area contributed by atoms with Crippen molar-refractivity contribution in [2.45, 2.75) is 18.4 Å². The molecular weight excluding hydrogens is 180 g/mol. The Bertz CT molecular complexity index is 347. The van der Waals surface area contributed by atoms with Crippen LogP contribution in [0, 0.1) is 0 Å². The topological polar surface area (TPSA) is 46.5 Å². The molecule has 1 N–H and O–H groups in total. The van der Waals surface area contributed by atoms with Gasteiger partial charge in [-0.2, -0.15) is 0 Å². The van der Waals surface area contributed by atoms with Crippen LogP contribution in [0.15, 0.2) is 30.3 Å². The molecule has 0 spiro atoms. The molecule has 0 bridgehead atoms. The number of carbonyl (C=O) groups excluding carboxylic acids is 1. The minimum absolute atomic E-state index is 0.0875. The third-order valence-electron chi connectivity index (χ3n) is 2.84. The first kappa shape index (κ1) is 9.21. The number of benzene rings is 1. The fraction of sp³-hybridized carbons (Fsp3) is 0.364. The fourth-order valence-corrected chi connectivity index (χ4v) is 1.70. The molecular formula is C11H12O3. The maximum Gasteiger partial charge on any atom is 0.319 e. The predicted molar refractivity (Wildman–Crippen MR) is 50.8 cm³/mol. The third kappa shape index (κ3) is 1.13. The molecule has 1 aliphatic rings. The van der Waals surface area contributed by atoms with E-state index in [1.807, 2.05) is 30.3 Å². The molecule has 0 amide bonds. The van der Waals surface area contributed by atoms with Gasteiger partial charge in [-0.05, 0) is 12.5 Å². The molecule has 3 heteroatoms. The Labute approximate surface area is 82.3 Å². The summed E-state index contributed by atoms with van der Waals surface area (Å²) in [7, 11) is 0. The minimum Gasteiger partial charge on any atom is -0.462 e. The Morgan fingerprint density at radius 1 is 1.43 bits per heavy atom. The van der Waals surface area contributed by atoms with Crippen molar-refractivity contribution in [2.75, 3.05) is 6.61 Å². The molecule has 14 heavy (non-hydrogen) atoms. The van der Waals surface area contributed by atoms with Crippen molar-refractivity contribution in [1.82, 2.24) is 0 Å². The van der Waals surface area contributed by atoms with E-state index in [1.54, 1.807) is 6.92 Å². The lowest BCUT2D eigenvalue weighted by atomic mass is 9.79. The van der Waals surface area contributed by atoms with Gasteiger partial charge in [-0.1, -0.05) is 30.3 Å².